The smallest absolute Gasteiger partial charge is 0.0787 e. The summed E-state index contributed by atoms with van der Waals surface area (Å²) in [5.74, 6) is 0.778. The van der Waals surface area contributed by atoms with E-state index in [1.54, 1.807) is 5.57 Å². The summed E-state index contributed by atoms with van der Waals surface area (Å²) in [6.45, 7) is 17.6. The molecule has 2 unspecified atom stereocenters. The lowest BCUT2D eigenvalue weighted by Gasteiger charge is -2.34. The van der Waals surface area contributed by atoms with Crippen LogP contribution in [0.1, 0.15) is 125 Å². The average molecular weight is 435 g/mol. The fourth-order valence-electron chi connectivity index (χ4n) is 4.71. The van der Waals surface area contributed by atoms with Crippen molar-refractivity contribution in [3.05, 3.63) is 35.5 Å². The summed E-state index contributed by atoms with van der Waals surface area (Å²) in [6.07, 6.45) is 19.4. The van der Waals surface area contributed by atoms with Gasteiger partial charge in [0.25, 0.3) is 0 Å². The van der Waals surface area contributed by atoms with Crippen LogP contribution in [0.4, 0.5) is 0 Å². The van der Waals surface area contributed by atoms with Gasteiger partial charge in [-0.3, -0.25) is 0 Å². The second-order valence-electron chi connectivity index (χ2n) is 9.81. The first-order valence-corrected chi connectivity index (χ1v) is 13.2. The fourth-order valence-corrected chi connectivity index (χ4v) is 4.71. The first kappa shape index (κ1) is 30.1. The van der Waals surface area contributed by atoms with Crippen LogP contribution in [0, 0.1) is 11.3 Å². The van der Waals surface area contributed by atoms with Gasteiger partial charge in [0.05, 0.1) is 6.10 Å². The van der Waals surface area contributed by atoms with Crippen molar-refractivity contribution in [2.75, 3.05) is 6.61 Å². The number of hydrogen-bond donors (Lipinski definition) is 2. The first-order chi connectivity index (χ1) is 14.9. The van der Waals surface area contributed by atoms with E-state index in [0.29, 0.717) is 12.0 Å². The molecule has 0 heterocycles. The van der Waals surface area contributed by atoms with Crippen molar-refractivity contribution in [2.45, 2.75) is 131 Å². The molecular formula is C29H54O2. The minimum absolute atomic E-state index is 0.328. The van der Waals surface area contributed by atoms with Crippen LogP contribution < -0.4 is 0 Å². The summed E-state index contributed by atoms with van der Waals surface area (Å²) in [5.41, 5.74) is 4.15. The lowest BCUT2D eigenvalue weighted by atomic mass is 9.71. The zero-order chi connectivity index (χ0) is 23.7. The standard InChI is InChI=1S/C24H40O2.C3H8.C2H6/c1-19-21(11-7-14-23(19)26)16-15-20-9-6-13-22(12-4-5-18-25)24(2,3)17-8-10-20;1-3-2;1-2/h15-16,22-23,25-26H,1,4-14,17-18H2,2-3H3;3H2,1-2H3;1-2H3/b20-15-,21-16-;;. The van der Waals surface area contributed by atoms with Crippen LogP contribution in [-0.4, -0.2) is 22.9 Å². The van der Waals surface area contributed by atoms with Gasteiger partial charge in [0.15, 0.2) is 0 Å². The topological polar surface area (TPSA) is 40.5 Å². The van der Waals surface area contributed by atoms with E-state index in [1.807, 2.05) is 13.8 Å². The Labute approximate surface area is 194 Å². The largest absolute Gasteiger partial charge is 0.396 e. The zero-order valence-corrected chi connectivity index (χ0v) is 21.8. The predicted molar refractivity (Wildman–Crippen MR) is 138 cm³/mol. The molecule has 31 heavy (non-hydrogen) atoms. The third kappa shape index (κ3) is 12.1. The van der Waals surface area contributed by atoms with Crippen molar-refractivity contribution in [2.24, 2.45) is 11.3 Å². The molecule has 0 bridgehead atoms. The highest BCUT2D eigenvalue weighted by Crippen LogP contribution is 2.41. The maximum absolute atomic E-state index is 10.0. The van der Waals surface area contributed by atoms with Gasteiger partial charge in [-0.1, -0.05) is 78.7 Å². The van der Waals surface area contributed by atoms with Gasteiger partial charge in [0.2, 0.25) is 0 Å². The molecule has 0 saturated heterocycles. The second-order valence-corrected chi connectivity index (χ2v) is 9.81. The molecule has 0 amide bonds. The van der Waals surface area contributed by atoms with Crippen LogP contribution in [0.3, 0.4) is 0 Å². The minimum atomic E-state index is -0.339. The molecule has 2 nitrogen and oxygen atoms in total. The number of unbranched alkanes of at least 4 members (excludes halogenated alkanes) is 1. The van der Waals surface area contributed by atoms with Crippen molar-refractivity contribution >= 4 is 0 Å². The Morgan fingerprint density at radius 1 is 0.968 bits per heavy atom. The molecule has 2 rings (SSSR count). The predicted octanol–water partition coefficient (Wildman–Crippen LogP) is 8.54. The number of hydrogen-bond acceptors (Lipinski definition) is 2. The van der Waals surface area contributed by atoms with Crippen LogP contribution in [0.2, 0.25) is 0 Å². The minimum Gasteiger partial charge on any atom is -0.396 e. The Kier molecular flexibility index (Phi) is 17.2. The van der Waals surface area contributed by atoms with Gasteiger partial charge >= 0.3 is 0 Å². The molecule has 2 atom stereocenters. The fraction of sp³-hybridized carbons (Fsp3) is 0.793. The Morgan fingerprint density at radius 2 is 1.58 bits per heavy atom. The Balaban J connectivity index is 0.00000165. The van der Waals surface area contributed by atoms with E-state index in [9.17, 15) is 5.11 Å². The molecule has 0 spiro atoms. The molecule has 182 valence electrons. The van der Waals surface area contributed by atoms with E-state index in [-0.39, 0.29) is 6.10 Å². The molecule has 0 aromatic rings. The molecule has 2 aliphatic rings. The van der Waals surface area contributed by atoms with Gasteiger partial charge in [0.1, 0.15) is 0 Å². The lowest BCUT2D eigenvalue weighted by Crippen LogP contribution is -2.24. The lowest BCUT2D eigenvalue weighted by molar-refractivity contribution is 0.161. The molecule has 2 saturated carbocycles. The number of aliphatic hydroxyl groups is 2. The van der Waals surface area contributed by atoms with E-state index in [4.69, 9.17) is 5.11 Å². The highest BCUT2D eigenvalue weighted by Gasteiger charge is 2.29. The molecular weight excluding hydrogens is 380 g/mol. The molecule has 2 N–H and O–H groups in total. The van der Waals surface area contributed by atoms with Gasteiger partial charge in [-0.2, -0.15) is 0 Å². The van der Waals surface area contributed by atoms with Gasteiger partial charge in [0, 0.05) is 6.61 Å². The van der Waals surface area contributed by atoms with Crippen LogP contribution in [0.25, 0.3) is 0 Å². The Bertz CT molecular complexity index is 527. The van der Waals surface area contributed by atoms with Crippen molar-refractivity contribution in [1.29, 1.82) is 0 Å². The van der Waals surface area contributed by atoms with Crippen LogP contribution >= 0.6 is 0 Å². The Morgan fingerprint density at radius 3 is 2.23 bits per heavy atom. The van der Waals surface area contributed by atoms with E-state index in [1.165, 1.54) is 56.9 Å². The summed E-state index contributed by atoms with van der Waals surface area (Å²) in [6, 6.07) is 0. The molecule has 2 heteroatoms. The van der Waals surface area contributed by atoms with Crippen LogP contribution in [0.15, 0.2) is 35.5 Å². The second kappa shape index (κ2) is 17.7. The van der Waals surface area contributed by atoms with Crippen LogP contribution in [0.5, 0.6) is 0 Å². The summed E-state index contributed by atoms with van der Waals surface area (Å²) in [5, 5.41) is 19.1. The number of aliphatic hydroxyl groups excluding tert-OH is 2. The van der Waals surface area contributed by atoms with E-state index < -0.39 is 0 Å². The van der Waals surface area contributed by atoms with Gasteiger partial charge in [-0.15, -0.1) is 0 Å². The SMILES string of the molecule is C=C1/C(=C\C=C2\CCCC(CCCCO)C(C)(C)CCC2)CCCC1O.CC.CCC. The number of rotatable bonds is 5. The maximum atomic E-state index is 10.0. The summed E-state index contributed by atoms with van der Waals surface area (Å²) >= 11 is 0. The average Bonchev–Trinajstić information content (AvgIpc) is 2.81. The van der Waals surface area contributed by atoms with Gasteiger partial charge in [-0.25, -0.2) is 0 Å². The maximum Gasteiger partial charge on any atom is 0.0787 e. The highest BCUT2D eigenvalue weighted by molar-refractivity contribution is 5.37. The number of allylic oxidation sites excluding steroid dienone is 3. The molecule has 0 aliphatic heterocycles. The molecule has 0 radical (unpaired) electrons. The van der Waals surface area contributed by atoms with Crippen molar-refractivity contribution < 1.29 is 10.2 Å². The van der Waals surface area contributed by atoms with Crippen molar-refractivity contribution in [1.82, 2.24) is 0 Å². The highest BCUT2D eigenvalue weighted by atomic mass is 16.3. The van der Waals surface area contributed by atoms with Crippen molar-refractivity contribution in [3.8, 4) is 0 Å². The summed E-state index contributed by atoms with van der Waals surface area (Å²) in [7, 11) is 0. The zero-order valence-electron chi connectivity index (χ0n) is 21.8. The third-order valence-electron chi connectivity index (χ3n) is 6.69. The van der Waals surface area contributed by atoms with E-state index in [0.717, 1.165) is 43.6 Å². The Hall–Kier alpha value is -0.860. The quantitative estimate of drug-likeness (QED) is 0.425. The van der Waals surface area contributed by atoms with E-state index >= 15 is 0 Å². The van der Waals surface area contributed by atoms with E-state index in [2.05, 4.69) is 46.4 Å². The monoisotopic (exact) mass is 434 g/mol. The normalized spacial score (nSPS) is 26.6. The van der Waals surface area contributed by atoms with Gasteiger partial charge < -0.3 is 10.2 Å². The van der Waals surface area contributed by atoms with Crippen molar-refractivity contribution in [3.63, 3.8) is 0 Å². The molecule has 0 aromatic heterocycles. The molecule has 0 aromatic carbocycles. The van der Waals surface area contributed by atoms with Gasteiger partial charge in [-0.05, 0) is 93.1 Å². The summed E-state index contributed by atoms with van der Waals surface area (Å²) in [4.78, 5) is 0. The first-order valence-electron chi connectivity index (χ1n) is 13.2. The summed E-state index contributed by atoms with van der Waals surface area (Å²) < 4.78 is 0. The van der Waals surface area contributed by atoms with Crippen LogP contribution in [-0.2, 0) is 0 Å². The third-order valence-corrected chi connectivity index (χ3v) is 6.69. The molecule has 2 fully saturated rings. The molecule has 2 aliphatic carbocycles.